The maximum absolute atomic E-state index is 12.5. The van der Waals surface area contributed by atoms with E-state index in [1.807, 2.05) is 12.3 Å². The van der Waals surface area contributed by atoms with Gasteiger partial charge in [0, 0.05) is 44.7 Å². The first-order valence-electron chi connectivity index (χ1n) is 10.2. The van der Waals surface area contributed by atoms with Gasteiger partial charge >= 0.3 is 0 Å². The summed E-state index contributed by atoms with van der Waals surface area (Å²) in [5, 5.41) is 0. The summed E-state index contributed by atoms with van der Waals surface area (Å²) in [6.07, 6.45) is 12.9. The van der Waals surface area contributed by atoms with Gasteiger partial charge < -0.3 is 9.80 Å². The molecule has 136 valence electrons. The zero-order valence-corrected chi connectivity index (χ0v) is 15.2. The van der Waals surface area contributed by atoms with Gasteiger partial charge in [0.15, 0.2) is 0 Å². The number of aromatic nitrogens is 2. The summed E-state index contributed by atoms with van der Waals surface area (Å²) in [5.74, 6) is 3.77. The van der Waals surface area contributed by atoms with E-state index in [9.17, 15) is 4.79 Å². The van der Waals surface area contributed by atoms with Crippen LogP contribution in [-0.2, 0) is 4.79 Å². The molecule has 1 aliphatic heterocycles. The molecule has 1 aromatic rings. The van der Waals surface area contributed by atoms with Crippen LogP contribution in [0.3, 0.4) is 0 Å². The first kappa shape index (κ1) is 16.8. The van der Waals surface area contributed by atoms with Crippen molar-refractivity contribution in [3.8, 4) is 0 Å². The Hall–Kier alpha value is -1.65. The molecular formula is C20H30N4O. The number of nitrogens with zero attached hydrogens (tertiary/aromatic N) is 4. The molecule has 5 heteroatoms. The lowest BCUT2D eigenvalue weighted by Gasteiger charge is -2.35. The topological polar surface area (TPSA) is 49.3 Å². The van der Waals surface area contributed by atoms with Crippen LogP contribution < -0.4 is 4.90 Å². The zero-order valence-electron chi connectivity index (χ0n) is 15.2. The number of anilines is 1. The van der Waals surface area contributed by atoms with Gasteiger partial charge in [-0.25, -0.2) is 9.97 Å². The molecular weight excluding hydrogens is 312 g/mol. The predicted molar refractivity (Wildman–Crippen MR) is 98.6 cm³/mol. The van der Waals surface area contributed by atoms with Gasteiger partial charge in [-0.3, -0.25) is 4.79 Å². The third-order valence-electron chi connectivity index (χ3n) is 6.05. The second-order valence-electron chi connectivity index (χ2n) is 7.96. The van der Waals surface area contributed by atoms with Crippen molar-refractivity contribution in [2.24, 2.45) is 5.92 Å². The van der Waals surface area contributed by atoms with Gasteiger partial charge in [0.25, 0.3) is 0 Å². The standard InChI is InChI=1S/C20H30N4O/c25-19(9-6-16-4-2-1-3-5-16)24-14-12-23(13-15-24)18-10-11-21-20(22-18)17-7-8-17/h10-11,16-17H,1-9,12-15H2. The summed E-state index contributed by atoms with van der Waals surface area (Å²) >= 11 is 0. The Morgan fingerprint density at radius 2 is 1.80 bits per heavy atom. The van der Waals surface area contributed by atoms with Crippen molar-refractivity contribution in [2.45, 2.75) is 63.7 Å². The van der Waals surface area contributed by atoms with E-state index in [2.05, 4.69) is 14.8 Å². The molecule has 0 spiro atoms. The van der Waals surface area contributed by atoms with Crippen LogP contribution in [0.4, 0.5) is 5.82 Å². The lowest BCUT2D eigenvalue weighted by molar-refractivity contribution is -0.131. The first-order chi connectivity index (χ1) is 12.3. The van der Waals surface area contributed by atoms with Crippen LogP contribution in [0, 0.1) is 5.92 Å². The SMILES string of the molecule is O=C(CCC1CCCCC1)N1CCN(c2ccnc(C3CC3)n2)CC1. The fourth-order valence-electron chi connectivity index (χ4n) is 4.22. The summed E-state index contributed by atoms with van der Waals surface area (Å²) in [5.41, 5.74) is 0. The minimum Gasteiger partial charge on any atom is -0.353 e. The highest BCUT2D eigenvalue weighted by atomic mass is 16.2. The smallest absolute Gasteiger partial charge is 0.222 e. The summed E-state index contributed by atoms with van der Waals surface area (Å²) < 4.78 is 0. The molecule has 0 N–H and O–H groups in total. The average molecular weight is 342 g/mol. The van der Waals surface area contributed by atoms with Crippen molar-refractivity contribution in [1.82, 2.24) is 14.9 Å². The van der Waals surface area contributed by atoms with Crippen molar-refractivity contribution >= 4 is 11.7 Å². The lowest BCUT2D eigenvalue weighted by Crippen LogP contribution is -2.49. The van der Waals surface area contributed by atoms with Crippen LogP contribution in [0.5, 0.6) is 0 Å². The van der Waals surface area contributed by atoms with Gasteiger partial charge in [0.2, 0.25) is 5.91 Å². The molecule has 1 amide bonds. The number of hydrogen-bond donors (Lipinski definition) is 0. The highest BCUT2D eigenvalue weighted by molar-refractivity contribution is 5.76. The molecule has 25 heavy (non-hydrogen) atoms. The second kappa shape index (κ2) is 7.71. The van der Waals surface area contributed by atoms with Crippen molar-refractivity contribution < 1.29 is 4.79 Å². The van der Waals surface area contributed by atoms with Gasteiger partial charge in [-0.2, -0.15) is 0 Å². The maximum Gasteiger partial charge on any atom is 0.222 e. The van der Waals surface area contributed by atoms with E-state index in [4.69, 9.17) is 4.98 Å². The highest BCUT2D eigenvalue weighted by Gasteiger charge is 2.28. The predicted octanol–water partition coefficient (Wildman–Crippen LogP) is 3.36. The number of carbonyl (C=O) groups excluding carboxylic acids is 1. The van der Waals surface area contributed by atoms with E-state index in [1.54, 1.807) is 0 Å². The Kier molecular flexibility index (Phi) is 5.18. The van der Waals surface area contributed by atoms with Crippen LogP contribution in [-0.4, -0.2) is 47.0 Å². The molecule has 0 bridgehead atoms. The molecule has 1 aromatic heterocycles. The molecule has 2 heterocycles. The molecule has 2 saturated carbocycles. The van der Waals surface area contributed by atoms with E-state index in [0.717, 1.165) is 56.6 Å². The van der Waals surface area contributed by atoms with Crippen LogP contribution in [0.15, 0.2) is 12.3 Å². The molecule has 0 aromatic carbocycles. The number of amides is 1. The van der Waals surface area contributed by atoms with Crippen molar-refractivity contribution in [1.29, 1.82) is 0 Å². The fraction of sp³-hybridized carbons (Fsp3) is 0.750. The van der Waals surface area contributed by atoms with Gasteiger partial charge in [-0.05, 0) is 31.2 Å². The van der Waals surface area contributed by atoms with Crippen molar-refractivity contribution in [3.05, 3.63) is 18.1 Å². The monoisotopic (exact) mass is 342 g/mol. The summed E-state index contributed by atoms with van der Waals surface area (Å²) in [6, 6.07) is 2.01. The molecule has 3 fully saturated rings. The quantitative estimate of drug-likeness (QED) is 0.823. The molecule has 1 saturated heterocycles. The van der Waals surface area contributed by atoms with E-state index < -0.39 is 0 Å². The van der Waals surface area contributed by atoms with Gasteiger partial charge in [0.05, 0.1) is 0 Å². The molecule has 3 aliphatic rings. The van der Waals surface area contributed by atoms with E-state index >= 15 is 0 Å². The molecule has 0 unspecified atom stereocenters. The van der Waals surface area contributed by atoms with Gasteiger partial charge in [-0.1, -0.05) is 32.1 Å². The van der Waals surface area contributed by atoms with Crippen LogP contribution >= 0.6 is 0 Å². The minimum atomic E-state index is 0.353. The van der Waals surface area contributed by atoms with Crippen LogP contribution in [0.2, 0.25) is 0 Å². The third kappa shape index (κ3) is 4.31. The molecule has 5 nitrogen and oxygen atoms in total. The zero-order chi connectivity index (χ0) is 17.1. The summed E-state index contributed by atoms with van der Waals surface area (Å²) in [6.45, 7) is 3.42. The maximum atomic E-state index is 12.5. The number of carbonyl (C=O) groups is 1. The van der Waals surface area contributed by atoms with Crippen molar-refractivity contribution in [3.63, 3.8) is 0 Å². The normalized spacial score (nSPS) is 22.2. The second-order valence-corrected chi connectivity index (χ2v) is 7.96. The van der Waals surface area contributed by atoms with Gasteiger partial charge in [0.1, 0.15) is 11.6 Å². The average Bonchev–Trinajstić information content (AvgIpc) is 3.52. The van der Waals surface area contributed by atoms with Crippen LogP contribution in [0.1, 0.15) is 69.5 Å². The van der Waals surface area contributed by atoms with E-state index in [0.29, 0.717) is 11.8 Å². The molecule has 0 atom stereocenters. The van der Waals surface area contributed by atoms with E-state index in [-0.39, 0.29) is 0 Å². The van der Waals surface area contributed by atoms with Crippen molar-refractivity contribution in [2.75, 3.05) is 31.1 Å². The summed E-state index contributed by atoms with van der Waals surface area (Å²) in [4.78, 5) is 26.0. The largest absolute Gasteiger partial charge is 0.353 e. The van der Waals surface area contributed by atoms with Crippen LogP contribution in [0.25, 0.3) is 0 Å². The Morgan fingerprint density at radius 1 is 1.04 bits per heavy atom. The highest BCUT2D eigenvalue weighted by Crippen LogP contribution is 2.38. The van der Waals surface area contributed by atoms with Gasteiger partial charge in [-0.15, -0.1) is 0 Å². The Morgan fingerprint density at radius 3 is 2.52 bits per heavy atom. The lowest BCUT2D eigenvalue weighted by atomic mass is 9.86. The Bertz CT molecular complexity index is 587. The minimum absolute atomic E-state index is 0.353. The number of hydrogen-bond acceptors (Lipinski definition) is 4. The first-order valence-corrected chi connectivity index (χ1v) is 10.2. The Balaban J connectivity index is 1.24. The third-order valence-corrected chi connectivity index (χ3v) is 6.05. The van der Waals surface area contributed by atoms with E-state index in [1.165, 1.54) is 44.9 Å². The summed E-state index contributed by atoms with van der Waals surface area (Å²) in [7, 11) is 0. The molecule has 0 radical (unpaired) electrons. The molecule has 4 rings (SSSR count). The molecule has 2 aliphatic carbocycles. The number of rotatable bonds is 5. The number of piperazine rings is 1. The fourth-order valence-corrected chi connectivity index (χ4v) is 4.22. The Labute approximate surface area is 150 Å².